The van der Waals surface area contributed by atoms with Crippen LogP contribution in [0.5, 0.6) is 5.88 Å². The zero-order valence-corrected chi connectivity index (χ0v) is 12.9. The minimum absolute atomic E-state index is 0.0378. The Kier molecular flexibility index (Phi) is 5.25. The van der Waals surface area contributed by atoms with E-state index in [0.29, 0.717) is 22.5 Å². The van der Waals surface area contributed by atoms with Gasteiger partial charge < -0.3 is 10.5 Å². The van der Waals surface area contributed by atoms with Gasteiger partial charge >= 0.3 is 0 Å². The van der Waals surface area contributed by atoms with Gasteiger partial charge in [-0.05, 0) is 35.7 Å². The number of aromatic nitrogens is 1. The molecule has 2 N–H and O–H groups in total. The van der Waals surface area contributed by atoms with E-state index < -0.39 is 10.5 Å². The summed E-state index contributed by atoms with van der Waals surface area (Å²) in [7, 11) is 0. The molecule has 1 aromatic rings. The fourth-order valence-corrected chi connectivity index (χ4v) is 1.92. The van der Waals surface area contributed by atoms with Crippen molar-refractivity contribution in [3.8, 4) is 5.88 Å². The van der Waals surface area contributed by atoms with Gasteiger partial charge in [0.15, 0.2) is 0 Å². The molecule has 0 spiro atoms. The lowest BCUT2D eigenvalue weighted by Gasteiger charge is -2.26. The van der Waals surface area contributed by atoms with Crippen molar-refractivity contribution in [1.29, 1.82) is 0 Å². The highest BCUT2D eigenvalue weighted by Crippen LogP contribution is 2.32. The van der Waals surface area contributed by atoms with Crippen LogP contribution in [0.15, 0.2) is 10.7 Å². The maximum atomic E-state index is 10.8. The van der Waals surface area contributed by atoms with Crippen LogP contribution >= 0.6 is 15.9 Å². The van der Waals surface area contributed by atoms with Crippen molar-refractivity contribution in [3.63, 3.8) is 0 Å². The van der Waals surface area contributed by atoms with Gasteiger partial charge in [0.1, 0.15) is 12.8 Å². The van der Waals surface area contributed by atoms with Crippen molar-refractivity contribution in [1.82, 2.24) is 4.98 Å². The third-order valence-corrected chi connectivity index (χ3v) is 4.24. The van der Waals surface area contributed by atoms with Gasteiger partial charge in [-0.2, -0.15) is 0 Å². The molecule has 7 heteroatoms. The Morgan fingerprint density at radius 1 is 1.53 bits per heavy atom. The Labute approximate surface area is 120 Å². The first-order valence-corrected chi connectivity index (χ1v) is 6.85. The van der Waals surface area contributed by atoms with E-state index in [2.05, 4.69) is 20.9 Å². The molecule has 6 nitrogen and oxygen atoms in total. The summed E-state index contributed by atoms with van der Waals surface area (Å²) < 4.78 is 6.09. The van der Waals surface area contributed by atoms with Gasteiger partial charge in [0.05, 0.1) is 9.40 Å². The van der Waals surface area contributed by atoms with Gasteiger partial charge in [-0.3, -0.25) is 10.1 Å². The summed E-state index contributed by atoms with van der Waals surface area (Å²) in [6.45, 7) is 5.96. The molecule has 0 saturated heterocycles. The van der Waals surface area contributed by atoms with Gasteiger partial charge in [-0.15, -0.1) is 0 Å². The fraction of sp³-hybridized carbons (Fsp3) is 0.583. The zero-order valence-electron chi connectivity index (χ0n) is 11.3. The molecule has 1 aromatic heterocycles. The summed E-state index contributed by atoms with van der Waals surface area (Å²) in [5.74, 6) is 0.333. The topological polar surface area (TPSA) is 91.3 Å². The summed E-state index contributed by atoms with van der Waals surface area (Å²) in [4.78, 5) is 14.3. The molecule has 0 aliphatic heterocycles. The monoisotopic (exact) mass is 331 g/mol. The molecule has 0 bridgehead atoms. The first-order chi connectivity index (χ1) is 8.84. The Morgan fingerprint density at radius 3 is 2.58 bits per heavy atom. The van der Waals surface area contributed by atoms with Crippen LogP contribution in [0.4, 0.5) is 5.69 Å². The quantitative estimate of drug-likeness (QED) is 0.639. The largest absolute Gasteiger partial charge is 0.475 e. The molecule has 19 heavy (non-hydrogen) atoms. The minimum atomic E-state index is -0.470. The molecule has 0 unspecified atom stereocenters. The summed E-state index contributed by atoms with van der Waals surface area (Å²) >= 11 is 3.28. The van der Waals surface area contributed by atoms with Crippen molar-refractivity contribution >= 4 is 21.6 Å². The summed E-state index contributed by atoms with van der Waals surface area (Å²) in [5, 5.41) is 10.8. The Balaban J connectivity index is 2.92. The third-order valence-electron chi connectivity index (χ3n) is 3.31. The highest BCUT2D eigenvalue weighted by molar-refractivity contribution is 9.10. The predicted octanol–water partition coefficient (Wildman–Crippen LogP) is 2.96. The number of nitrogens with two attached hydrogens (primary N) is 1. The third kappa shape index (κ3) is 3.63. The van der Waals surface area contributed by atoms with Crippen LogP contribution in [0.2, 0.25) is 0 Å². The van der Waals surface area contributed by atoms with Crippen molar-refractivity contribution in [2.75, 3.05) is 6.61 Å². The normalized spacial score (nSPS) is 11.4. The molecule has 0 amide bonds. The molecule has 0 atom stereocenters. The summed E-state index contributed by atoms with van der Waals surface area (Å²) in [5.41, 5.74) is 6.18. The number of ether oxygens (including phenoxy) is 1. The van der Waals surface area contributed by atoms with Crippen LogP contribution in [0.25, 0.3) is 0 Å². The van der Waals surface area contributed by atoms with Gasteiger partial charge in [0.25, 0.3) is 5.69 Å². The lowest BCUT2D eigenvalue weighted by atomic mass is 9.96. The van der Waals surface area contributed by atoms with E-state index in [1.807, 2.05) is 13.8 Å². The molecule has 0 radical (unpaired) electrons. The van der Waals surface area contributed by atoms with E-state index in [0.717, 1.165) is 12.8 Å². The molecule has 0 aromatic carbocycles. The highest BCUT2D eigenvalue weighted by Gasteiger charge is 2.23. The average Bonchev–Trinajstić information content (AvgIpc) is 2.39. The second-order valence-corrected chi connectivity index (χ2v) is 5.30. The fourth-order valence-electron chi connectivity index (χ4n) is 1.50. The summed E-state index contributed by atoms with van der Waals surface area (Å²) in [6, 6.07) is 0. The molecule has 0 aliphatic carbocycles. The number of pyridine rings is 1. The maximum Gasteiger partial charge on any atom is 0.291 e. The van der Waals surface area contributed by atoms with E-state index in [1.165, 1.54) is 6.20 Å². The van der Waals surface area contributed by atoms with E-state index in [-0.39, 0.29) is 5.69 Å². The molecule has 0 fully saturated rings. The van der Waals surface area contributed by atoms with Gasteiger partial charge in [0, 0.05) is 11.1 Å². The van der Waals surface area contributed by atoms with E-state index in [4.69, 9.17) is 10.5 Å². The molecule has 1 rings (SSSR count). The molecule has 0 saturated carbocycles. The van der Waals surface area contributed by atoms with Crippen LogP contribution < -0.4 is 10.5 Å². The first kappa shape index (κ1) is 15.8. The number of hydrogen-bond acceptors (Lipinski definition) is 5. The zero-order chi connectivity index (χ0) is 14.6. The van der Waals surface area contributed by atoms with Crippen LogP contribution in [0, 0.1) is 17.0 Å². The van der Waals surface area contributed by atoms with Crippen molar-refractivity contribution in [3.05, 3.63) is 26.3 Å². The Bertz CT molecular complexity index is 476. The van der Waals surface area contributed by atoms with Crippen LogP contribution in [-0.4, -0.2) is 22.1 Å². The number of hydrogen-bond donors (Lipinski definition) is 1. The minimum Gasteiger partial charge on any atom is -0.475 e. The SMILES string of the molecule is CCC(N)(CC)COc1ncc([N+](=O)[O-])c(C)c1Br. The van der Waals surface area contributed by atoms with E-state index in [1.54, 1.807) is 6.92 Å². The predicted molar refractivity (Wildman–Crippen MR) is 76.3 cm³/mol. The first-order valence-electron chi connectivity index (χ1n) is 6.05. The molecular formula is C12H18BrN3O3. The number of rotatable bonds is 6. The van der Waals surface area contributed by atoms with Crippen molar-refractivity contribution in [2.24, 2.45) is 5.73 Å². The maximum absolute atomic E-state index is 10.8. The molecule has 0 aliphatic rings. The molecule has 1 heterocycles. The van der Waals surface area contributed by atoms with Crippen molar-refractivity contribution in [2.45, 2.75) is 39.2 Å². The van der Waals surface area contributed by atoms with E-state index >= 15 is 0 Å². The average molecular weight is 332 g/mol. The lowest BCUT2D eigenvalue weighted by Crippen LogP contribution is -2.44. The summed E-state index contributed by atoms with van der Waals surface area (Å²) in [6.07, 6.45) is 2.77. The number of nitro groups is 1. The van der Waals surface area contributed by atoms with Gasteiger partial charge in [-0.1, -0.05) is 13.8 Å². The van der Waals surface area contributed by atoms with Crippen LogP contribution in [0.3, 0.4) is 0 Å². The molecule has 106 valence electrons. The number of nitrogens with zero attached hydrogens (tertiary/aromatic N) is 2. The Hall–Kier alpha value is -1.21. The van der Waals surface area contributed by atoms with Crippen LogP contribution in [0.1, 0.15) is 32.3 Å². The second-order valence-electron chi connectivity index (χ2n) is 4.50. The lowest BCUT2D eigenvalue weighted by molar-refractivity contribution is -0.385. The van der Waals surface area contributed by atoms with Crippen LogP contribution in [-0.2, 0) is 0 Å². The smallest absolute Gasteiger partial charge is 0.291 e. The van der Waals surface area contributed by atoms with Gasteiger partial charge in [-0.25, -0.2) is 4.98 Å². The standard InChI is InChI=1S/C12H18BrN3O3/c1-4-12(14,5-2)7-19-11-10(13)8(3)9(6-15-11)16(17)18/h6H,4-5,7,14H2,1-3H3. The van der Waals surface area contributed by atoms with E-state index in [9.17, 15) is 10.1 Å². The number of halogens is 1. The van der Waals surface area contributed by atoms with Crippen molar-refractivity contribution < 1.29 is 9.66 Å². The van der Waals surface area contributed by atoms with Gasteiger partial charge in [0.2, 0.25) is 5.88 Å². The highest BCUT2D eigenvalue weighted by atomic mass is 79.9. The molecular weight excluding hydrogens is 314 g/mol. The Morgan fingerprint density at radius 2 is 2.11 bits per heavy atom. The second kappa shape index (κ2) is 6.29.